The fourth-order valence-corrected chi connectivity index (χ4v) is 5.30. The van der Waals surface area contributed by atoms with Gasteiger partial charge in [0.1, 0.15) is 0 Å². The van der Waals surface area contributed by atoms with E-state index in [2.05, 4.69) is 31.3 Å². The van der Waals surface area contributed by atoms with Crippen LogP contribution in [0.5, 0.6) is 0 Å². The molecule has 4 heteroatoms. The summed E-state index contributed by atoms with van der Waals surface area (Å²) in [6.07, 6.45) is 36.9. The molecule has 0 aromatic rings. The molecule has 0 saturated heterocycles. The van der Waals surface area contributed by atoms with Crippen molar-refractivity contribution in [3.63, 3.8) is 0 Å². The average Bonchev–Trinajstić information content (AvgIpc) is 2.94. The molecule has 0 aromatic heterocycles. The number of aliphatic hydroxyl groups excluding tert-OH is 2. The van der Waals surface area contributed by atoms with Gasteiger partial charge in [0.05, 0.1) is 18.8 Å². The molecule has 0 fully saturated rings. The fraction of sp³-hybridized carbons (Fsp3) is 0.914. The third kappa shape index (κ3) is 28.5. The highest BCUT2D eigenvalue weighted by molar-refractivity contribution is 5.76. The van der Waals surface area contributed by atoms with Crippen LogP contribution in [0.4, 0.5) is 0 Å². The van der Waals surface area contributed by atoms with Gasteiger partial charge in [-0.3, -0.25) is 4.79 Å². The minimum absolute atomic E-state index is 0.0435. The van der Waals surface area contributed by atoms with Crippen LogP contribution in [0.25, 0.3) is 0 Å². The normalized spacial score (nSPS) is 13.2. The predicted octanol–water partition coefficient (Wildman–Crippen LogP) is 9.95. The van der Waals surface area contributed by atoms with Crippen molar-refractivity contribution in [3.05, 3.63) is 12.2 Å². The van der Waals surface area contributed by atoms with Crippen LogP contribution in [0.3, 0.4) is 0 Å². The van der Waals surface area contributed by atoms with Gasteiger partial charge >= 0.3 is 0 Å². The van der Waals surface area contributed by atoms with Gasteiger partial charge in [0.25, 0.3) is 0 Å². The Morgan fingerprint density at radius 1 is 0.590 bits per heavy atom. The SMILES string of the molecule is CCC/C=C\CCCCCCCC(=O)NC(CO)C(O)CCCCCCCCCCCCCCCCCCC. The molecule has 0 aliphatic rings. The molecule has 0 heterocycles. The number of unbranched alkanes of at least 4 members (excludes halogenated alkanes) is 22. The molecule has 0 aliphatic heterocycles. The van der Waals surface area contributed by atoms with Gasteiger partial charge < -0.3 is 15.5 Å². The lowest BCUT2D eigenvalue weighted by Gasteiger charge is -2.22. The summed E-state index contributed by atoms with van der Waals surface area (Å²) in [4.78, 5) is 12.2. The molecule has 4 nitrogen and oxygen atoms in total. The maximum absolute atomic E-state index is 12.2. The van der Waals surface area contributed by atoms with Crippen molar-refractivity contribution in [2.45, 2.75) is 199 Å². The zero-order valence-corrected chi connectivity index (χ0v) is 26.4. The third-order valence-electron chi connectivity index (χ3n) is 8.01. The first kappa shape index (κ1) is 38.1. The lowest BCUT2D eigenvalue weighted by atomic mass is 10.0. The van der Waals surface area contributed by atoms with Crippen LogP contribution in [0.1, 0.15) is 187 Å². The van der Waals surface area contributed by atoms with Crippen LogP contribution in [-0.2, 0) is 4.79 Å². The first-order valence-electron chi connectivity index (χ1n) is 17.4. The van der Waals surface area contributed by atoms with Gasteiger partial charge in [0.15, 0.2) is 0 Å². The van der Waals surface area contributed by atoms with Crippen molar-refractivity contribution >= 4 is 5.91 Å². The van der Waals surface area contributed by atoms with Crippen molar-refractivity contribution in [3.8, 4) is 0 Å². The zero-order chi connectivity index (χ0) is 28.7. The predicted molar refractivity (Wildman–Crippen MR) is 170 cm³/mol. The minimum atomic E-state index is -0.656. The number of allylic oxidation sites excluding steroid dienone is 2. The smallest absolute Gasteiger partial charge is 0.220 e. The van der Waals surface area contributed by atoms with Gasteiger partial charge in [0.2, 0.25) is 5.91 Å². The van der Waals surface area contributed by atoms with E-state index in [9.17, 15) is 15.0 Å². The Labute approximate surface area is 244 Å². The van der Waals surface area contributed by atoms with Gasteiger partial charge in [-0.15, -0.1) is 0 Å². The van der Waals surface area contributed by atoms with E-state index in [1.807, 2.05) is 0 Å². The first-order valence-corrected chi connectivity index (χ1v) is 17.4. The van der Waals surface area contributed by atoms with Crippen LogP contribution in [0.2, 0.25) is 0 Å². The van der Waals surface area contributed by atoms with Crippen LogP contribution in [0.15, 0.2) is 12.2 Å². The molecule has 0 radical (unpaired) electrons. The summed E-state index contributed by atoms with van der Waals surface area (Å²) in [5.41, 5.74) is 0. The molecule has 1 amide bonds. The van der Waals surface area contributed by atoms with Gasteiger partial charge in [-0.25, -0.2) is 0 Å². The molecule has 39 heavy (non-hydrogen) atoms. The van der Waals surface area contributed by atoms with Crippen molar-refractivity contribution < 1.29 is 15.0 Å². The number of amides is 1. The highest BCUT2D eigenvalue weighted by Crippen LogP contribution is 2.15. The molecule has 232 valence electrons. The molecule has 2 unspecified atom stereocenters. The summed E-state index contributed by atoms with van der Waals surface area (Å²) >= 11 is 0. The number of hydrogen-bond acceptors (Lipinski definition) is 3. The summed E-state index contributed by atoms with van der Waals surface area (Å²) in [5, 5.41) is 23.0. The Morgan fingerprint density at radius 3 is 1.51 bits per heavy atom. The second-order valence-electron chi connectivity index (χ2n) is 11.9. The summed E-state index contributed by atoms with van der Waals surface area (Å²) in [5.74, 6) is -0.0435. The Hall–Kier alpha value is -0.870. The Kier molecular flexibility index (Phi) is 30.9. The van der Waals surface area contributed by atoms with Crippen molar-refractivity contribution in [1.82, 2.24) is 5.32 Å². The number of carbonyl (C=O) groups excluding carboxylic acids is 1. The Bertz CT molecular complexity index is 522. The molecule has 0 bridgehead atoms. The summed E-state index contributed by atoms with van der Waals surface area (Å²) in [6, 6.07) is -0.534. The first-order chi connectivity index (χ1) is 19.2. The highest BCUT2D eigenvalue weighted by Gasteiger charge is 2.19. The van der Waals surface area contributed by atoms with E-state index >= 15 is 0 Å². The van der Waals surface area contributed by atoms with E-state index in [0.717, 1.165) is 32.1 Å². The van der Waals surface area contributed by atoms with Gasteiger partial charge in [-0.1, -0.05) is 161 Å². The van der Waals surface area contributed by atoms with Gasteiger partial charge in [-0.05, 0) is 32.1 Å². The molecule has 3 N–H and O–H groups in total. The quantitative estimate of drug-likeness (QED) is 0.0593. The third-order valence-corrected chi connectivity index (χ3v) is 8.01. The minimum Gasteiger partial charge on any atom is -0.394 e. The van der Waals surface area contributed by atoms with Crippen molar-refractivity contribution in [2.75, 3.05) is 6.61 Å². The van der Waals surface area contributed by atoms with Crippen LogP contribution >= 0.6 is 0 Å². The van der Waals surface area contributed by atoms with E-state index in [4.69, 9.17) is 0 Å². The second-order valence-corrected chi connectivity index (χ2v) is 11.9. The Morgan fingerprint density at radius 2 is 1.03 bits per heavy atom. The molecule has 2 atom stereocenters. The fourth-order valence-electron chi connectivity index (χ4n) is 5.30. The maximum Gasteiger partial charge on any atom is 0.220 e. The monoisotopic (exact) mass is 552 g/mol. The molecule has 0 aliphatic carbocycles. The summed E-state index contributed by atoms with van der Waals surface area (Å²) < 4.78 is 0. The van der Waals surface area contributed by atoms with Gasteiger partial charge in [-0.2, -0.15) is 0 Å². The number of carbonyl (C=O) groups is 1. The van der Waals surface area contributed by atoms with Crippen molar-refractivity contribution in [2.24, 2.45) is 0 Å². The van der Waals surface area contributed by atoms with E-state index in [1.165, 1.54) is 128 Å². The second kappa shape index (κ2) is 31.7. The molecule has 0 rings (SSSR count). The number of aliphatic hydroxyl groups is 2. The van der Waals surface area contributed by atoms with Crippen molar-refractivity contribution in [1.29, 1.82) is 0 Å². The number of nitrogens with one attached hydrogen (secondary N) is 1. The van der Waals surface area contributed by atoms with Crippen LogP contribution < -0.4 is 5.32 Å². The standard InChI is InChI=1S/C35H69NO3/c1-3-5-7-9-11-13-15-16-17-18-19-20-21-22-24-26-28-30-34(38)33(32-37)36-35(39)31-29-27-25-23-14-12-10-8-6-4-2/h8,10,33-34,37-38H,3-7,9,11-32H2,1-2H3,(H,36,39)/b10-8-. The maximum atomic E-state index is 12.2. The van der Waals surface area contributed by atoms with E-state index in [0.29, 0.717) is 12.8 Å². The summed E-state index contributed by atoms with van der Waals surface area (Å²) in [6.45, 7) is 4.28. The van der Waals surface area contributed by atoms with E-state index < -0.39 is 12.1 Å². The number of hydrogen-bond donors (Lipinski definition) is 3. The molecular formula is C35H69NO3. The largest absolute Gasteiger partial charge is 0.394 e. The molecular weight excluding hydrogens is 482 g/mol. The highest BCUT2D eigenvalue weighted by atomic mass is 16.3. The molecule has 0 saturated carbocycles. The molecule has 0 spiro atoms. The van der Waals surface area contributed by atoms with Gasteiger partial charge in [0, 0.05) is 6.42 Å². The van der Waals surface area contributed by atoms with Crippen LogP contribution in [0, 0.1) is 0 Å². The topological polar surface area (TPSA) is 69.6 Å². The summed E-state index contributed by atoms with van der Waals surface area (Å²) in [7, 11) is 0. The van der Waals surface area contributed by atoms with E-state index in [1.54, 1.807) is 0 Å². The number of rotatable bonds is 31. The van der Waals surface area contributed by atoms with E-state index in [-0.39, 0.29) is 12.5 Å². The zero-order valence-electron chi connectivity index (χ0n) is 26.4. The molecule has 0 aromatic carbocycles. The van der Waals surface area contributed by atoms with Crippen LogP contribution in [-0.4, -0.2) is 34.9 Å². The lowest BCUT2D eigenvalue weighted by molar-refractivity contribution is -0.123. The average molecular weight is 552 g/mol. The Balaban J connectivity index is 3.54. The lowest BCUT2D eigenvalue weighted by Crippen LogP contribution is -2.45.